The van der Waals surface area contributed by atoms with Crippen LogP contribution in [-0.2, 0) is 13.6 Å². The third-order valence-corrected chi connectivity index (χ3v) is 4.54. The van der Waals surface area contributed by atoms with Crippen LogP contribution < -0.4 is 5.69 Å². The van der Waals surface area contributed by atoms with Gasteiger partial charge in [0, 0.05) is 38.2 Å². The molecule has 24 heavy (non-hydrogen) atoms. The first kappa shape index (κ1) is 16.3. The summed E-state index contributed by atoms with van der Waals surface area (Å²) in [6.07, 6.45) is 1.79. The number of aromatic nitrogens is 3. The fourth-order valence-electron chi connectivity index (χ4n) is 3.28. The highest BCUT2D eigenvalue weighted by Gasteiger charge is 2.29. The first-order valence-electron chi connectivity index (χ1n) is 8.23. The predicted molar refractivity (Wildman–Crippen MR) is 89.1 cm³/mol. The van der Waals surface area contributed by atoms with Crippen LogP contribution in [0.1, 0.15) is 41.9 Å². The Labute approximate surface area is 140 Å². The zero-order chi connectivity index (χ0) is 17.3. The van der Waals surface area contributed by atoms with Crippen LogP contribution in [0.5, 0.6) is 5.75 Å². The molecule has 0 aliphatic carbocycles. The van der Waals surface area contributed by atoms with Crippen molar-refractivity contribution < 1.29 is 9.90 Å². The number of aromatic hydroxyl groups is 1. The van der Waals surface area contributed by atoms with Gasteiger partial charge in [0.1, 0.15) is 11.6 Å². The smallest absolute Gasteiger partial charge is 0.345 e. The highest BCUT2D eigenvalue weighted by Crippen LogP contribution is 2.26. The molecule has 0 spiro atoms. The number of phenols is 1. The number of likely N-dealkylation sites (tertiary alicyclic amines) is 1. The second-order valence-corrected chi connectivity index (χ2v) is 6.15. The summed E-state index contributed by atoms with van der Waals surface area (Å²) in [5.74, 6) is 0.909. The van der Waals surface area contributed by atoms with E-state index in [-0.39, 0.29) is 23.3 Å². The highest BCUT2D eigenvalue weighted by molar-refractivity contribution is 5.94. The van der Waals surface area contributed by atoms with E-state index in [1.165, 1.54) is 16.8 Å². The van der Waals surface area contributed by atoms with E-state index in [2.05, 4.69) is 5.10 Å². The van der Waals surface area contributed by atoms with Gasteiger partial charge < -0.3 is 10.0 Å². The van der Waals surface area contributed by atoms with Gasteiger partial charge >= 0.3 is 5.69 Å². The minimum absolute atomic E-state index is 0.0546. The molecule has 128 valence electrons. The molecular formula is C17H22N4O3. The maximum absolute atomic E-state index is 12.7. The van der Waals surface area contributed by atoms with Gasteiger partial charge in [-0.15, -0.1) is 0 Å². The molecule has 0 radical (unpaired) electrons. The van der Waals surface area contributed by atoms with Crippen molar-refractivity contribution in [3.05, 3.63) is 46.1 Å². The molecule has 2 aromatic rings. The van der Waals surface area contributed by atoms with Crippen molar-refractivity contribution in [3.63, 3.8) is 0 Å². The van der Waals surface area contributed by atoms with E-state index in [1.807, 2.05) is 6.92 Å². The van der Waals surface area contributed by atoms with Gasteiger partial charge in [0.25, 0.3) is 5.91 Å². The Balaban J connectivity index is 1.82. The molecule has 1 amide bonds. The molecule has 0 saturated carbocycles. The van der Waals surface area contributed by atoms with Crippen molar-refractivity contribution in [2.24, 2.45) is 7.05 Å². The summed E-state index contributed by atoms with van der Waals surface area (Å²) in [6.45, 7) is 3.74. The molecule has 7 nitrogen and oxygen atoms in total. The minimum atomic E-state index is -0.116. The van der Waals surface area contributed by atoms with Gasteiger partial charge in [-0.3, -0.25) is 9.36 Å². The first-order valence-corrected chi connectivity index (χ1v) is 8.23. The van der Waals surface area contributed by atoms with Crippen molar-refractivity contribution in [1.82, 2.24) is 19.2 Å². The van der Waals surface area contributed by atoms with Crippen LogP contribution in [-0.4, -0.2) is 43.4 Å². The zero-order valence-corrected chi connectivity index (χ0v) is 14.0. The molecule has 2 heterocycles. The Morgan fingerprint density at radius 2 is 2.04 bits per heavy atom. The Bertz CT molecular complexity index is 791. The molecule has 7 heteroatoms. The third kappa shape index (κ3) is 2.93. The van der Waals surface area contributed by atoms with Gasteiger partial charge in [0.2, 0.25) is 0 Å². The van der Waals surface area contributed by atoms with E-state index in [0.717, 1.165) is 18.7 Å². The van der Waals surface area contributed by atoms with Crippen LogP contribution in [0.15, 0.2) is 29.1 Å². The number of nitrogens with zero attached hydrogens (tertiary/aromatic N) is 4. The lowest BCUT2D eigenvalue weighted by molar-refractivity contribution is 0.0703. The zero-order valence-electron chi connectivity index (χ0n) is 14.0. The lowest BCUT2D eigenvalue weighted by Gasteiger charge is -2.32. The maximum atomic E-state index is 12.7. The predicted octanol–water partition coefficient (Wildman–Crippen LogP) is 1.33. The molecule has 1 aromatic heterocycles. The number of carbonyl (C=O) groups is 1. The number of phenolic OH excluding ortho intramolecular Hbond substituents is 1. The molecule has 1 aromatic carbocycles. The summed E-state index contributed by atoms with van der Waals surface area (Å²) < 4.78 is 3.04. The Morgan fingerprint density at radius 1 is 1.33 bits per heavy atom. The summed E-state index contributed by atoms with van der Waals surface area (Å²) in [5.41, 5.74) is 0.442. The summed E-state index contributed by atoms with van der Waals surface area (Å²) in [6, 6.07) is 6.29. The van der Waals surface area contributed by atoms with Gasteiger partial charge in [-0.25, -0.2) is 9.48 Å². The van der Waals surface area contributed by atoms with Gasteiger partial charge in [-0.05, 0) is 44.0 Å². The molecule has 0 unspecified atom stereocenters. The van der Waals surface area contributed by atoms with Crippen LogP contribution in [0.2, 0.25) is 0 Å². The van der Waals surface area contributed by atoms with Crippen molar-refractivity contribution in [3.8, 4) is 5.75 Å². The highest BCUT2D eigenvalue weighted by atomic mass is 16.3. The van der Waals surface area contributed by atoms with E-state index in [4.69, 9.17) is 0 Å². The molecule has 1 saturated heterocycles. The average Bonchev–Trinajstić information content (AvgIpc) is 2.89. The van der Waals surface area contributed by atoms with E-state index in [1.54, 1.807) is 28.6 Å². The summed E-state index contributed by atoms with van der Waals surface area (Å²) in [4.78, 5) is 26.6. The number of carbonyl (C=O) groups excluding carboxylic acids is 1. The second kappa shape index (κ2) is 6.51. The van der Waals surface area contributed by atoms with Crippen LogP contribution in [0.25, 0.3) is 0 Å². The number of piperidine rings is 1. The lowest BCUT2D eigenvalue weighted by Crippen LogP contribution is -2.40. The van der Waals surface area contributed by atoms with Crippen LogP contribution >= 0.6 is 0 Å². The quantitative estimate of drug-likeness (QED) is 0.920. The second-order valence-electron chi connectivity index (χ2n) is 6.15. The van der Waals surface area contributed by atoms with Crippen molar-refractivity contribution in [2.75, 3.05) is 13.1 Å². The molecule has 1 N–H and O–H groups in total. The summed E-state index contributed by atoms with van der Waals surface area (Å²) in [5, 5.41) is 13.7. The third-order valence-electron chi connectivity index (χ3n) is 4.54. The van der Waals surface area contributed by atoms with Crippen molar-refractivity contribution in [2.45, 2.75) is 32.2 Å². The van der Waals surface area contributed by atoms with E-state index < -0.39 is 0 Å². The van der Waals surface area contributed by atoms with E-state index >= 15 is 0 Å². The molecule has 0 bridgehead atoms. The standard InChI is InChI=1S/C17H22N4O3/c1-3-21-15(18-19(2)17(21)24)13-5-4-10-20(11-13)16(23)12-6-8-14(22)9-7-12/h6-9,13,22H,3-5,10-11H2,1-2H3/t13-/m0/s1. The van der Waals surface area contributed by atoms with Crippen molar-refractivity contribution >= 4 is 5.91 Å². The largest absolute Gasteiger partial charge is 0.508 e. The monoisotopic (exact) mass is 330 g/mol. The Kier molecular flexibility index (Phi) is 4.42. The van der Waals surface area contributed by atoms with Gasteiger partial charge in [0.05, 0.1) is 0 Å². The fraction of sp³-hybridized carbons (Fsp3) is 0.471. The van der Waals surface area contributed by atoms with Gasteiger partial charge in [-0.2, -0.15) is 5.10 Å². The number of benzene rings is 1. The fourth-order valence-corrected chi connectivity index (χ4v) is 3.28. The molecule has 1 aliphatic rings. The number of hydrogen-bond acceptors (Lipinski definition) is 4. The van der Waals surface area contributed by atoms with E-state index in [0.29, 0.717) is 25.2 Å². The molecule has 1 aliphatic heterocycles. The molecule has 1 fully saturated rings. The van der Waals surface area contributed by atoms with E-state index in [9.17, 15) is 14.7 Å². The number of rotatable bonds is 3. The average molecular weight is 330 g/mol. The molecular weight excluding hydrogens is 308 g/mol. The molecule has 1 atom stereocenters. The van der Waals surface area contributed by atoms with Crippen LogP contribution in [0.4, 0.5) is 0 Å². The van der Waals surface area contributed by atoms with Crippen molar-refractivity contribution in [1.29, 1.82) is 0 Å². The van der Waals surface area contributed by atoms with Crippen LogP contribution in [0.3, 0.4) is 0 Å². The minimum Gasteiger partial charge on any atom is -0.508 e. The van der Waals surface area contributed by atoms with Gasteiger partial charge in [-0.1, -0.05) is 0 Å². The lowest BCUT2D eigenvalue weighted by atomic mass is 9.96. The molecule has 3 rings (SSSR count). The Hall–Kier alpha value is -2.57. The van der Waals surface area contributed by atoms with Crippen LogP contribution in [0, 0.1) is 0 Å². The first-order chi connectivity index (χ1) is 11.5. The SMILES string of the molecule is CCn1c([C@H]2CCCN(C(=O)c3ccc(O)cc3)C2)nn(C)c1=O. The van der Waals surface area contributed by atoms with Gasteiger partial charge in [0.15, 0.2) is 0 Å². The summed E-state index contributed by atoms with van der Waals surface area (Å²) in [7, 11) is 1.65. The maximum Gasteiger partial charge on any atom is 0.345 e. The normalized spacial score (nSPS) is 17.9. The number of amides is 1. The Morgan fingerprint density at radius 3 is 2.71 bits per heavy atom. The topological polar surface area (TPSA) is 80.4 Å². The number of hydrogen-bond donors (Lipinski definition) is 1. The number of aryl methyl sites for hydroxylation is 1. The summed E-state index contributed by atoms with van der Waals surface area (Å²) >= 11 is 0.